The smallest absolute Gasteiger partial charge is 0.116 e. The highest BCUT2D eigenvalue weighted by Crippen LogP contribution is 2.29. The second-order valence-corrected chi connectivity index (χ2v) is 3.17. The summed E-state index contributed by atoms with van der Waals surface area (Å²) in [6.45, 7) is 2.90. The van der Waals surface area contributed by atoms with Crippen molar-refractivity contribution in [2.45, 2.75) is 37.8 Å². The van der Waals surface area contributed by atoms with Crippen molar-refractivity contribution < 1.29 is 20.1 Å². The molecule has 4 heteroatoms. The van der Waals surface area contributed by atoms with Gasteiger partial charge in [0.05, 0.1) is 12.7 Å². The van der Waals surface area contributed by atoms with E-state index < -0.39 is 23.9 Å². The van der Waals surface area contributed by atoms with Crippen LogP contribution in [0, 0.1) is 0 Å². The quantitative estimate of drug-likeness (QED) is 0.456. The third-order valence-electron chi connectivity index (χ3n) is 2.33. The van der Waals surface area contributed by atoms with E-state index in [0.717, 1.165) is 0 Å². The van der Waals surface area contributed by atoms with Gasteiger partial charge in [-0.2, -0.15) is 0 Å². The fraction of sp³-hybridized carbons (Fsp3) is 1.00. The van der Waals surface area contributed by atoms with Gasteiger partial charge in [-0.3, -0.25) is 0 Å². The van der Waals surface area contributed by atoms with Crippen molar-refractivity contribution in [3.8, 4) is 0 Å². The molecule has 0 amide bonds. The van der Waals surface area contributed by atoms with Crippen molar-refractivity contribution in [2.24, 2.45) is 0 Å². The average Bonchev–Trinajstić information content (AvgIpc) is 2.14. The van der Waals surface area contributed by atoms with Crippen LogP contribution in [0.5, 0.6) is 0 Å². The van der Waals surface area contributed by atoms with Crippen LogP contribution in [-0.4, -0.2) is 45.8 Å². The molecule has 0 radical (unpaired) electrons. The lowest BCUT2D eigenvalue weighted by atomic mass is 9.94. The van der Waals surface area contributed by atoms with E-state index in [9.17, 15) is 10.2 Å². The van der Waals surface area contributed by atoms with E-state index in [4.69, 9.17) is 9.84 Å². The Morgan fingerprint density at radius 2 is 2.09 bits per heavy atom. The summed E-state index contributed by atoms with van der Waals surface area (Å²) < 4.78 is 5.09. The molecule has 3 N–H and O–H groups in total. The van der Waals surface area contributed by atoms with Crippen LogP contribution in [0.25, 0.3) is 0 Å². The van der Waals surface area contributed by atoms with E-state index in [0.29, 0.717) is 0 Å². The normalized spacial score (nSPS) is 51.5. The Morgan fingerprint density at radius 3 is 2.27 bits per heavy atom. The van der Waals surface area contributed by atoms with Crippen LogP contribution in [0.15, 0.2) is 0 Å². The summed E-state index contributed by atoms with van der Waals surface area (Å²) >= 11 is 0. The molecule has 1 aliphatic heterocycles. The summed E-state index contributed by atoms with van der Waals surface area (Å²) in [7, 11) is 0. The summed E-state index contributed by atoms with van der Waals surface area (Å²) in [5.41, 5.74) is -1.24. The van der Waals surface area contributed by atoms with Crippen molar-refractivity contribution in [3.63, 3.8) is 0 Å². The van der Waals surface area contributed by atoms with E-state index in [-0.39, 0.29) is 6.61 Å². The van der Waals surface area contributed by atoms with Crippen LogP contribution in [0.2, 0.25) is 0 Å². The number of hydrogen-bond acceptors (Lipinski definition) is 4. The van der Waals surface area contributed by atoms with Crippen molar-refractivity contribution in [3.05, 3.63) is 0 Å². The molecule has 1 rings (SSSR count). The zero-order valence-corrected chi connectivity index (χ0v) is 6.69. The monoisotopic (exact) mass is 162 g/mol. The van der Waals surface area contributed by atoms with Gasteiger partial charge in [-0.25, -0.2) is 0 Å². The molecule has 1 fully saturated rings. The lowest BCUT2D eigenvalue weighted by Gasteiger charge is -2.23. The highest BCUT2D eigenvalue weighted by molar-refractivity contribution is 4.98. The molecule has 1 unspecified atom stereocenters. The number of aliphatic hydroxyl groups is 3. The van der Waals surface area contributed by atoms with Gasteiger partial charge in [-0.05, 0) is 13.8 Å². The summed E-state index contributed by atoms with van der Waals surface area (Å²) in [6.07, 6.45) is -2.09. The lowest BCUT2D eigenvalue weighted by Crippen LogP contribution is -2.44. The van der Waals surface area contributed by atoms with E-state index in [1.54, 1.807) is 6.92 Å². The fourth-order valence-electron chi connectivity index (χ4n) is 1.23. The Kier molecular flexibility index (Phi) is 2.20. The summed E-state index contributed by atoms with van der Waals surface area (Å²) in [6, 6.07) is 0. The number of rotatable bonds is 1. The summed E-state index contributed by atoms with van der Waals surface area (Å²) in [5.74, 6) is 0. The van der Waals surface area contributed by atoms with E-state index in [1.807, 2.05) is 0 Å². The second-order valence-electron chi connectivity index (χ2n) is 3.17. The topological polar surface area (TPSA) is 69.9 Å². The van der Waals surface area contributed by atoms with Gasteiger partial charge in [-0.1, -0.05) is 0 Å². The van der Waals surface area contributed by atoms with E-state index >= 15 is 0 Å². The van der Waals surface area contributed by atoms with Crippen LogP contribution >= 0.6 is 0 Å². The largest absolute Gasteiger partial charge is 0.394 e. The first-order valence-corrected chi connectivity index (χ1v) is 3.67. The van der Waals surface area contributed by atoms with Gasteiger partial charge in [0, 0.05) is 0 Å². The number of aliphatic hydroxyl groups excluding tert-OH is 2. The van der Waals surface area contributed by atoms with Gasteiger partial charge in [0.15, 0.2) is 0 Å². The third kappa shape index (κ3) is 1.27. The molecule has 0 bridgehead atoms. The maximum Gasteiger partial charge on any atom is 0.116 e. The predicted molar refractivity (Wildman–Crippen MR) is 38.1 cm³/mol. The van der Waals surface area contributed by atoms with Gasteiger partial charge in [0.2, 0.25) is 0 Å². The minimum atomic E-state index is -1.24. The minimum absolute atomic E-state index is 0.262. The Hall–Kier alpha value is -0.160. The first-order chi connectivity index (χ1) is 5.00. The van der Waals surface area contributed by atoms with Gasteiger partial charge in [0.25, 0.3) is 0 Å². The van der Waals surface area contributed by atoms with Crippen LogP contribution in [0.3, 0.4) is 0 Å². The molecule has 0 saturated carbocycles. The first kappa shape index (κ1) is 8.93. The first-order valence-electron chi connectivity index (χ1n) is 3.67. The minimum Gasteiger partial charge on any atom is -0.394 e. The van der Waals surface area contributed by atoms with Gasteiger partial charge in [0.1, 0.15) is 17.8 Å². The van der Waals surface area contributed by atoms with Gasteiger partial charge < -0.3 is 20.1 Å². The van der Waals surface area contributed by atoms with Crippen molar-refractivity contribution >= 4 is 0 Å². The summed E-state index contributed by atoms with van der Waals surface area (Å²) in [5, 5.41) is 27.6. The second kappa shape index (κ2) is 2.71. The van der Waals surface area contributed by atoms with Crippen LogP contribution in [0.1, 0.15) is 13.8 Å². The zero-order chi connectivity index (χ0) is 8.65. The Morgan fingerprint density at radius 1 is 1.55 bits per heavy atom. The molecular weight excluding hydrogens is 148 g/mol. The molecule has 0 spiro atoms. The molecule has 0 aliphatic carbocycles. The number of hydrogen-bond donors (Lipinski definition) is 3. The highest BCUT2D eigenvalue weighted by Gasteiger charge is 2.49. The molecule has 0 aromatic carbocycles. The van der Waals surface area contributed by atoms with Crippen molar-refractivity contribution in [1.82, 2.24) is 0 Å². The van der Waals surface area contributed by atoms with Crippen LogP contribution in [0.4, 0.5) is 0 Å². The van der Waals surface area contributed by atoms with Crippen LogP contribution in [-0.2, 0) is 4.74 Å². The lowest BCUT2D eigenvalue weighted by molar-refractivity contribution is -0.0572. The molecule has 0 aromatic rings. The Labute approximate surface area is 65.4 Å². The summed E-state index contributed by atoms with van der Waals surface area (Å²) in [4.78, 5) is 0. The highest BCUT2D eigenvalue weighted by atomic mass is 16.6. The molecule has 1 saturated heterocycles. The van der Waals surface area contributed by atoms with E-state index in [1.165, 1.54) is 6.92 Å². The molecule has 11 heavy (non-hydrogen) atoms. The molecule has 4 nitrogen and oxygen atoms in total. The predicted octanol–water partition coefficient (Wildman–Crippen LogP) is -1.12. The van der Waals surface area contributed by atoms with Gasteiger partial charge in [-0.15, -0.1) is 0 Å². The zero-order valence-electron chi connectivity index (χ0n) is 6.69. The SMILES string of the molecule is C[C@@H]1O[C@H](CO)C(O)[C@]1(C)O. The molecule has 1 heterocycles. The maximum absolute atomic E-state index is 9.55. The van der Waals surface area contributed by atoms with E-state index in [2.05, 4.69) is 0 Å². The molecule has 1 aliphatic rings. The Balaban J connectivity index is 2.71. The maximum atomic E-state index is 9.55. The Bertz CT molecular complexity index is 145. The standard InChI is InChI=1S/C7H14O4/c1-4-7(2,10)6(9)5(3-8)11-4/h4-6,8-10H,3H2,1-2H3/t4-,5+,6?,7+/m0/s1. The average molecular weight is 162 g/mol. The molecule has 0 aromatic heterocycles. The number of ether oxygens (including phenoxy) is 1. The molecule has 4 atom stereocenters. The van der Waals surface area contributed by atoms with Gasteiger partial charge >= 0.3 is 0 Å². The molecule has 66 valence electrons. The third-order valence-corrected chi connectivity index (χ3v) is 2.33. The van der Waals surface area contributed by atoms with Crippen LogP contribution < -0.4 is 0 Å². The molecular formula is C7H14O4. The van der Waals surface area contributed by atoms with Crippen molar-refractivity contribution in [1.29, 1.82) is 0 Å². The van der Waals surface area contributed by atoms with Crippen molar-refractivity contribution in [2.75, 3.05) is 6.61 Å². The fourth-order valence-corrected chi connectivity index (χ4v) is 1.23.